The SMILES string of the molecule is CC(C)(C)OC(=O)C1C[C@H]2CNC[C@@H](C1)C2. The highest BCUT2D eigenvalue weighted by molar-refractivity contribution is 5.73. The molecule has 1 unspecified atom stereocenters. The van der Waals surface area contributed by atoms with Crippen molar-refractivity contribution < 1.29 is 9.53 Å². The van der Waals surface area contributed by atoms with Crippen molar-refractivity contribution in [2.45, 2.75) is 45.6 Å². The second-order valence-corrected chi connectivity index (χ2v) is 6.33. The summed E-state index contributed by atoms with van der Waals surface area (Å²) in [4.78, 5) is 12.0. The molecule has 0 aromatic carbocycles. The molecule has 2 bridgehead atoms. The number of ether oxygens (including phenoxy) is 1. The lowest BCUT2D eigenvalue weighted by atomic mass is 9.73. The van der Waals surface area contributed by atoms with Gasteiger partial charge >= 0.3 is 5.97 Å². The second-order valence-electron chi connectivity index (χ2n) is 6.33. The standard InChI is InChI=1S/C13H23NO2/c1-13(2,3)16-12(15)11-5-9-4-10(6-11)8-14-7-9/h9-11,14H,4-8H2,1-3H3/t9-,10+,11?. The highest BCUT2D eigenvalue weighted by atomic mass is 16.6. The zero-order valence-corrected chi connectivity index (χ0v) is 10.6. The van der Waals surface area contributed by atoms with Crippen LogP contribution in [0, 0.1) is 17.8 Å². The Morgan fingerprint density at radius 3 is 2.19 bits per heavy atom. The number of carbonyl (C=O) groups excluding carboxylic acids is 1. The third-order valence-electron chi connectivity index (χ3n) is 3.51. The van der Waals surface area contributed by atoms with Crippen LogP contribution in [-0.2, 0) is 9.53 Å². The summed E-state index contributed by atoms with van der Waals surface area (Å²) in [6, 6.07) is 0. The van der Waals surface area contributed by atoms with Crippen molar-refractivity contribution in [3.05, 3.63) is 0 Å². The van der Waals surface area contributed by atoms with Gasteiger partial charge in [-0.1, -0.05) is 0 Å². The van der Waals surface area contributed by atoms with Crippen molar-refractivity contribution in [2.24, 2.45) is 17.8 Å². The molecule has 2 fully saturated rings. The van der Waals surface area contributed by atoms with Crippen molar-refractivity contribution in [3.63, 3.8) is 0 Å². The smallest absolute Gasteiger partial charge is 0.309 e. The minimum Gasteiger partial charge on any atom is -0.460 e. The van der Waals surface area contributed by atoms with Gasteiger partial charge in [0.15, 0.2) is 0 Å². The average Bonchev–Trinajstić information content (AvgIpc) is 2.14. The van der Waals surface area contributed by atoms with Gasteiger partial charge in [0.25, 0.3) is 0 Å². The van der Waals surface area contributed by atoms with E-state index in [-0.39, 0.29) is 17.5 Å². The summed E-state index contributed by atoms with van der Waals surface area (Å²) >= 11 is 0. The van der Waals surface area contributed by atoms with E-state index in [4.69, 9.17) is 4.74 Å². The van der Waals surface area contributed by atoms with E-state index in [2.05, 4.69) is 5.32 Å². The molecule has 0 amide bonds. The number of piperidine rings is 1. The number of hydrogen-bond donors (Lipinski definition) is 1. The fraction of sp³-hybridized carbons (Fsp3) is 0.923. The van der Waals surface area contributed by atoms with Crippen molar-refractivity contribution in [3.8, 4) is 0 Å². The van der Waals surface area contributed by atoms with Crippen molar-refractivity contribution in [2.75, 3.05) is 13.1 Å². The Labute approximate surface area is 97.9 Å². The first kappa shape index (κ1) is 11.9. The summed E-state index contributed by atoms with van der Waals surface area (Å²) in [5.74, 6) is 1.53. The first-order valence-corrected chi connectivity index (χ1v) is 6.37. The fourth-order valence-electron chi connectivity index (χ4n) is 2.97. The summed E-state index contributed by atoms with van der Waals surface area (Å²) in [5, 5.41) is 3.44. The van der Waals surface area contributed by atoms with Gasteiger partial charge in [0, 0.05) is 0 Å². The first-order chi connectivity index (χ1) is 7.44. The quantitative estimate of drug-likeness (QED) is 0.693. The van der Waals surface area contributed by atoms with E-state index in [0.717, 1.165) is 25.9 Å². The molecule has 3 heteroatoms. The fourth-order valence-corrected chi connectivity index (χ4v) is 2.97. The predicted molar refractivity (Wildman–Crippen MR) is 63.0 cm³/mol. The van der Waals surface area contributed by atoms with Crippen molar-refractivity contribution in [1.82, 2.24) is 5.32 Å². The molecule has 0 aromatic rings. The van der Waals surface area contributed by atoms with Crippen LogP contribution in [0.15, 0.2) is 0 Å². The molecule has 1 saturated carbocycles. The molecule has 92 valence electrons. The van der Waals surface area contributed by atoms with Gasteiger partial charge in [0.2, 0.25) is 0 Å². The molecule has 16 heavy (non-hydrogen) atoms. The van der Waals surface area contributed by atoms with E-state index in [0.29, 0.717) is 11.8 Å². The van der Waals surface area contributed by atoms with Crippen LogP contribution in [0.1, 0.15) is 40.0 Å². The normalized spacial score (nSPS) is 34.6. The van der Waals surface area contributed by atoms with E-state index in [1.165, 1.54) is 6.42 Å². The molecule has 2 rings (SSSR count). The molecule has 1 aliphatic heterocycles. The summed E-state index contributed by atoms with van der Waals surface area (Å²) in [6.07, 6.45) is 3.32. The van der Waals surface area contributed by atoms with Gasteiger partial charge in [-0.2, -0.15) is 0 Å². The molecule has 0 aromatic heterocycles. The second kappa shape index (κ2) is 4.36. The number of fused-ring (bicyclic) bond motifs is 2. The molecule has 1 heterocycles. The zero-order valence-electron chi connectivity index (χ0n) is 10.6. The maximum absolute atomic E-state index is 12.0. The van der Waals surface area contributed by atoms with Gasteiger partial charge in [0.05, 0.1) is 5.92 Å². The molecule has 2 aliphatic rings. The van der Waals surface area contributed by atoms with Crippen LogP contribution < -0.4 is 5.32 Å². The van der Waals surface area contributed by atoms with E-state index in [9.17, 15) is 4.79 Å². The van der Waals surface area contributed by atoms with Crippen LogP contribution in [-0.4, -0.2) is 24.7 Å². The Morgan fingerprint density at radius 1 is 1.12 bits per heavy atom. The Kier molecular flexibility index (Phi) is 3.24. The maximum atomic E-state index is 12.0. The maximum Gasteiger partial charge on any atom is 0.309 e. The first-order valence-electron chi connectivity index (χ1n) is 6.37. The predicted octanol–water partition coefficient (Wildman–Crippen LogP) is 1.96. The van der Waals surface area contributed by atoms with E-state index < -0.39 is 0 Å². The van der Waals surface area contributed by atoms with Crippen LogP contribution in [0.4, 0.5) is 0 Å². The Morgan fingerprint density at radius 2 is 1.69 bits per heavy atom. The topological polar surface area (TPSA) is 38.3 Å². The van der Waals surface area contributed by atoms with E-state index >= 15 is 0 Å². The largest absolute Gasteiger partial charge is 0.460 e. The lowest BCUT2D eigenvalue weighted by molar-refractivity contribution is -0.162. The lowest BCUT2D eigenvalue weighted by Crippen LogP contribution is -2.44. The van der Waals surface area contributed by atoms with E-state index in [1.807, 2.05) is 20.8 Å². The number of nitrogens with one attached hydrogen (secondary N) is 1. The number of esters is 1. The Bertz CT molecular complexity index is 258. The van der Waals surface area contributed by atoms with Gasteiger partial charge in [-0.15, -0.1) is 0 Å². The average molecular weight is 225 g/mol. The minimum atomic E-state index is -0.345. The molecule has 1 saturated heterocycles. The summed E-state index contributed by atoms with van der Waals surface area (Å²) in [7, 11) is 0. The van der Waals surface area contributed by atoms with Crippen LogP contribution in [0.3, 0.4) is 0 Å². The molecule has 0 spiro atoms. The summed E-state index contributed by atoms with van der Waals surface area (Å²) < 4.78 is 5.48. The Balaban J connectivity index is 1.92. The zero-order chi connectivity index (χ0) is 11.8. The minimum absolute atomic E-state index is 0.0177. The third kappa shape index (κ3) is 2.97. The molecule has 1 N–H and O–H groups in total. The molecule has 3 atom stereocenters. The van der Waals surface area contributed by atoms with Crippen LogP contribution >= 0.6 is 0 Å². The molecule has 0 radical (unpaired) electrons. The van der Waals surface area contributed by atoms with Crippen LogP contribution in [0.2, 0.25) is 0 Å². The molecule has 1 aliphatic carbocycles. The third-order valence-corrected chi connectivity index (χ3v) is 3.51. The Hall–Kier alpha value is -0.570. The summed E-state index contributed by atoms with van der Waals surface area (Å²) in [6.45, 7) is 7.98. The van der Waals surface area contributed by atoms with Crippen molar-refractivity contribution in [1.29, 1.82) is 0 Å². The monoisotopic (exact) mass is 225 g/mol. The van der Waals surface area contributed by atoms with Gasteiger partial charge in [-0.3, -0.25) is 4.79 Å². The van der Waals surface area contributed by atoms with Gasteiger partial charge in [-0.25, -0.2) is 0 Å². The lowest BCUT2D eigenvalue weighted by Gasteiger charge is -2.39. The number of rotatable bonds is 1. The molecular formula is C13H23NO2. The number of hydrogen-bond acceptors (Lipinski definition) is 3. The number of carbonyl (C=O) groups is 1. The molecule has 3 nitrogen and oxygen atoms in total. The highest BCUT2D eigenvalue weighted by Crippen LogP contribution is 2.36. The van der Waals surface area contributed by atoms with Crippen molar-refractivity contribution >= 4 is 5.97 Å². The van der Waals surface area contributed by atoms with Crippen LogP contribution in [0.25, 0.3) is 0 Å². The summed E-state index contributed by atoms with van der Waals surface area (Å²) in [5.41, 5.74) is -0.345. The highest BCUT2D eigenvalue weighted by Gasteiger charge is 2.36. The van der Waals surface area contributed by atoms with Gasteiger partial charge in [0.1, 0.15) is 5.60 Å². The van der Waals surface area contributed by atoms with Gasteiger partial charge < -0.3 is 10.1 Å². The van der Waals surface area contributed by atoms with Gasteiger partial charge in [-0.05, 0) is 65.0 Å². The van der Waals surface area contributed by atoms with Crippen LogP contribution in [0.5, 0.6) is 0 Å². The van der Waals surface area contributed by atoms with E-state index in [1.54, 1.807) is 0 Å². The molecular weight excluding hydrogens is 202 g/mol.